The van der Waals surface area contributed by atoms with Gasteiger partial charge in [0.25, 0.3) is 0 Å². The number of aliphatic carboxylic acids is 1. The standard InChI is InChI=1S/C15H19NO2/c1-15(2)9-10-16(11-15)13-6-4-3-5-12(13)7-8-14(17)18/h3-8H,9-11H2,1-2H3,(H,17,18). The van der Waals surface area contributed by atoms with E-state index >= 15 is 0 Å². The summed E-state index contributed by atoms with van der Waals surface area (Å²) in [6.07, 6.45) is 4.03. The number of hydrogen-bond acceptors (Lipinski definition) is 2. The van der Waals surface area contributed by atoms with Crippen LogP contribution in [0.5, 0.6) is 0 Å². The zero-order valence-electron chi connectivity index (χ0n) is 10.9. The number of rotatable bonds is 3. The summed E-state index contributed by atoms with van der Waals surface area (Å²) in [5, 5.41) is 8.71. The van der Waals surface area contributed by atoms with Gasteiger partial charge in [0.1, 0.15) is 0 Å². The van der Waals surface area contributed by atoms with E-state index in [1.165, 1.54) is 12.5 Å². The van der Waals surface area contributed by atoms with E-state index in [2.05, 4.69) is 24.8 Å². The minimum absolute atomic E-state index is 0.337. The molecule has 0 unspecified atom stereocenters. The van der Waals surface area contributed by atoms with Crippen LogP contribution >= 0.6 is 0 Å². The molecule has 0 atom stereocenters. The Bertz CT molecular complexity index is 477. The predicted octanol–water partition coefficient (Wildman–Crippen LogP) is 3.02. The summed E-state index contributed by atoms with van der Waals surface area (Å²) in [6, 6.07) is 7.95. The fraction of sp³-hybridized carbons (Fsp3) is 0.400. The molecule has 0 saturated carbocycles. The van der Waals surface area contributed by atoms with Gasteiger partial charge in [0.05, 0.1) is 0 Å². The molecule has 2 rings (SSSR count). The molecule has 0 spiro atoms. The molecule has 0 aromatic heterocycles. The second-order valence-electron chi connectivity index (χ2n) is 5.57. The normalized spacial score (nSPS) is 18.4. The second-order valence-corrected chi connectivity index (χ2v) is 5.57. The van der Waals surface area contributed by atoms with Crippen LogP contribution in [0.25, 0.3) is 6.08 Å². The average molecular weight is 245 g/mol. The monoisotopic (exact) mass is 245 g/mol. The molecule has 18 heavy (non-hydrogen) atoms. The Morgan fingerprint density at radius 3 is 2.72 bits per heavy atom. The lowest BCUT2D eigenvalue weighted by Crippen LogP contribution is -2.23. The van der Waals surface area contributed by atoms with Crippen LogP contribution in [-0.4, -0.2) is 24.2 Å². The molecule has 1 aromatic rings. The zero-order chi connectivity index (χ0) is 13.2. The van der Waals surface area contributed by atoms with Crippen molar-refractivity contribution in [3.63, 3.8) is 0 Å². The van der Waals surface area contributed by atoms with E-state index in [1.807, 2.05) is 18.2 Å². The molecular formula is C15H19NO2. The SMILES string of the molecule is CC1(C)CCN(c2ccccc2C=CC(=O)O)C1. The van der Waals surface area contributed by atoms with Gasteiger partial charge in [0, 0.05) is 24.9 Å². The van der Waals surface area contributed by atoms with E-state index in [0.717, 1.165) is 24.3 Å². The van der Waals surface area contributed by atoms with Gasteiger partial charge in [-0.05, 0) is 29.5 Å². The van der Waals surface area contributed by atoms with Crippen molar-refractivity contribution in [1.82, 2.24) is 0 Å². The van der Waals surface area contributed by atoms with E-state index in [9.17, 15) is 4.79 Å². The van der Waals surface area contributed by atoms with Crippen LogP contribution in [0.1, 0.15) is 25.8 Å². The summed E-state index contributed by atoms with van der Waals surface area (Å²) in [6.45, 7) is 6.58. The first-order valence-electron chi connectivity index (χ1n) is 6.23. The Kier molecular flexibility index (Phi) is 3.41. The van der Waals surface area contributed by atoms with E-state index < -0.39 is 5.97 Å². The molecular weight excluding hydrogens is 226 g/mol. The number of carboxylic acid groups (broad SMARTS) is 1. The highest BCUT2D eigenvalue weighted by Crippen LogP contribution is 2.34. The van der Waals surface area contributed by atoms with Gasteiger partial charge in [0.2, 0.25) is 0 Å². The smallest absolute Gasteiger partial charge is 0.328 e. The number of benzene rings is 1. The van der Waals surface area contributed by atoms with Gasteiger partial charge >= 0.3 is 5.97 Å². The first-order valence-corrected chi connectivity index (χ1v) is 6.23. The Hall–Kier alpha value is -1.77. The fourth-order valence-electron chi connectivity index (χ4n) is 2.40. The number of nitrogens with zero attached hydrogens (tertiary/aromatic N) is 1. The maximum absolute atomic E-state index is 10.6. The summed E-state index contributed by atoms with van der Waals surface area (Å²) in [4.78, 5) is 12.9. The number of hydrogen-bond donors (Lipinski definition) is 1. The summed E-state index contributed by atoms with van der Waals surface area (Å²) < 4.78 is 0. The Balaban J connectivity index is 2.26. The number of carbonyl (C=O) groups is 1. The molecule has 1 aliphatic heterocycles. The lowest BCUT2D eigenvalue weighted by Gasteiger charge is -2.23. The fourth-order valence-corrected chi connectivity index (χ4v) is 2.40. The molecule has 1 N–H and O–H groups in total. The third-order valence-electron chi connectivity index (χ3n) is 3.36. The van der Waals surface area contributed by atoms with Gasteiger partial charge in [-0.15, -0.1) is 0 Å². The predicted molar refractivity (Wildman–Crippen MR) is 73.7 cm³/mol. The van der Waals surface area contributed by atoms with E-state index in [-0.39, 0.29) is 0 Å². The molecule has 1 heterocycles. The van der Waals surface area contributed by atoms with Gasteiger partial charge in [-0.25, -0.2) is 4.79 Å². The topological polar surface area (TPSA) is 40.5 Å². The Morgan fingerprint density at radius 1 is 1.39 bits per heavy atom. The molecule has 0 radical (unpaired) electrons. The highest BCUT2D eigenvalue weighted by molar-refractivity contribution is 5.87. The lowest BCUT2D eigenvalue weighted by molar-refractivity contribution is -0.131. The van der Waals surface area contributed by atoms with Crippen molar-refractivity contribution in [2.45, 2.75) is 20.3 Å². The van der Waals surface area contributed by atoms with Crippen molar-refractivity contribution in [3.8, 4) is 0 Å². The van der Waals surface area contributed by atoms with E-state index in [4.69, 9.17) is 5.11 Å². The zero-order valence-corrected chi connectivity index (χ0v) is 10.9. The van der Waals surface area contributed by atoms with Crippen LogP contribution in [-0.2, 0) is 4.79 Å². The molecule has 0 amide bonds. The van der Waals surface area contributed by atoms with Crippen molar-refractivity contribution < 1.29 is 9.90 Å². The second kappa shape index (κ2) is 4.84. The Morgan fingerprint density at radius 2 is 2.11 bits per heavy atom. The van der Waals surface area contributed by atoms with Gasteiger partial charge in [-0.3, -0.25) is 0 Å². The van der Waals surface area contributed by atoms with Crippen molar-refractivity contribution in [1.29, 1.82) is 0 Å². The largest absolute Gasteiger partial charge is 0.478 e. The molecule has 1 aromatic carbocycles. The highest BCUT2D eigenvalue weighted by atomic mass is 16.4. The quantitative estimate of drug-likeness (QED) is 0.832. The maximum Gasteiger partial charge on any atom is 0.328 e. The number of para-hydroxylation sites is 1. The van der Waals surface area contributed by atoms with Crippen LogP contribution in [0.15, 0.2) is 30.3 Å². The van der Waals surface area contributed by atoms with Crippen LogP contribution in [0.4, 0.5) is 5.69 Å². The number of carboxylic acids is 1. The van der Waals surface area contributed by atoms with E-state index in [0.29, 0.717) is 5.41 Å². The van der Waals surface area contributed by atoms with Crippen LogP contribution < -0.4 is 4.90 Å². The third-order valence-corrected chi connectivity index (χ3v) is 3.36. The van der Waals surface area contributed by atoms with Gasteiger partial charge in [-0.1, -0.05) is 32.0 Å². The molecule has 96 valence electrons. The van der Waals surface area contributed by atoms with Gasteiger partial charge < -0.3 is 10.0 Å². The average Bonchev–Trinajstić information content (AvgIpc) is 2.67. The molecule has 1 fully saturated rings. The summed E-state index contributed by atoms with van der Waals surface area (Å²) in [5.41, 5.74) is 2.43. The molecule has 1 saturated heterocycles. The van der Waals surface area contributed by atoms with Crippen molar-refractivity contribution in [2.75, 3.05) is 18.0 Å². The molecule has 1 aliphatic rings. The van der Waals surface area contributed by atoms with Crippen LogP contribution in [0.2, 0.25) is 0 Å². The van der Waals surface area contributed by atoms with Crippen LogP contribution in [0.3, 0.4) is 0 Å². The highest BCUT2D eigenvalue weighted by Gasteiger charge is 2.29. The summed E-state index contributed by atoms with van der Waals surface area (Å²) in [7, 11) is 0. The summed E-state index contributed by atoms with van der Waals surface area (Å²) >= 11 is 0. The van der Waals surface area contributed by atoms with Crippen molar-refractivity contribution in [3.05, 3.63) is 35.9 Å². The van der Waals surface area contributed by atoms with Gasteiger partial charge in [0.15, 0.2) is 0 Å². The van der Waals surface area contributed by atoms with Crippen molar-refractivity contribution >= 4 is 17.7 Å². The van der Waals surface area contributed by atoms with Gasteiger partial charge in [-0.2, -0.15) is 0 Å². The van der Waals surface area contributed by atoms with E-state index in [1.54, 1.807) is 6.08 Å². The third kappa shape index (κ3) is 2.92. The maximum atomic E-state index is 10.6. The van der Waals surface area contributed by atoms with Crippen molar-refractivity contribution in [2.24, 2.45) is 5.41 Å². The minimum atomic E-state index is -0.911. The lowest BCUT2D eigenvalue weighted by atomic mass is 9.93. The molecule has 3 heteroatoms. The number of anilines is 1. The first-order chi connectivity index (χ1) is 8.48. The Labute approximate surface area is 108 Å². The van der Waals surface area contributed by atoms with Crippen LogP contribution in [0, 0.1) is 5.41 Å². The molecule has 3 nitrogen and oxygen atoms in total. The molecule has 0 bridgehead atoms. The molecule has 0 aliphatic carbocycles. The first kappa shape index (κ1) is 12.7. The summed E-state index contributed by atoms with van der Waals surface area (Å²) in [5.74, 6) is -0.911. The minimum Gasteiger partial charge on any atom is -0.478 e.